The molecule has 2 aromatic carbocycles. The van der Waals surface area contributed by atoms with Gasteiger partial charge in [0.15, 0.2) is 6.29 Å². The topological polar surface area (TPSA) is 60.8 Å². The zero-order chi connectivity index (χ0) is 19.5. The Labute approximate surface area is 163 Å². The maximum Gasteiger partial charge on any atom is 0.254 e. The Hall–Kier alpha value is -3.12. The highest BCUT2D eigenvalue weighted by atomic mass is 16.5. The van der Waals surface area contributed by atoms with Gasteiger partial charge in [0.25, 0.3) is 5.91 Å². The Morgan fingerprint density at radius 3 is 2.75 bits per heavy atom. The molecule has 6 heteroatoms. The third-order valence-electron chi connectivity index (χ3n) is 5.07. The monoisotopic (exact) mass is 378 g/mol. The number of hydrogen-bond acceptors (Lipinski definition) is 4. The molecule has 1 saturated heterocycles. The third kappa shape index (κ3) is 3.51. The minimum Gasteiger partial charge on any atom is -0.497 e. The minimum atomic E-state index is -0.0254. The molecule has 0 saturated carbocycles. The summed E-state index contributed by atoms with van der Waals surface area (Å²) >= 11 is 0. The van der Waals surface area contributed by atoms with Gasteiger partial charge in [-0.2, -0.15) is 0 Å². The summed E-state index contributed by atoms with van der Waals surface area (Å²) < 4.78 is 12.6. The van der Waals surface area contributed by atoms with E-state index in [9.17, 15) is 9.59 Å². The van der Waals surface area contributed by atoms with Crippen LogP contribution in [-0.4, -0.2) is 55.1 Å². The lowest BCUT2D eigenvalue weighted by atomic mass is 10.1. The predicted octanol–water partition coefficient (Wildman–Crippen LogP) is 2.98. The minimum absolute atomic E-state index is 0.0254. The van der Waals surface area contributed by atoms with Gasteiger partial charge >= 0.3 is 0 Å². The van der Waals surface area contributed by atoms with Crippen LogP contribution in [0.15, 0.2) is 48.7 Å². The summed E-state index contributed by atoms with van der Waals surface area (Å²) in [5.41, 5.74) is 3.16. The Bertz CT molecular complexity index is 1020. The summed E-state index contributed by atoms with van der Waals surface area (Å²) in [6, 6.07) is 13.4. The first kappa shape index (κ1) is 18.3. The van der Waals surface area contributed by atoms with Crippen molar-refractivity contribution in [2.75, 3.05) is 33.4 Å². The van der Waals surface area contributed by atoms with Gasteiger partial charge < -0.3 is 18.9 Å². The molecule has 144 valence electrons. The van der Waals surface area contributed by atoms with Crippen LogP contribution in [0.5, 0.6) is 5.75 Å². The zero-order valence-corrected chi connectivity index (χ0v) is 15.8. The molecule has 1 aromatic heterocycles. The fraction of sp³-hybridized carbons (Fsp3) is 0.273. The van der Waals surface area contributed by atoms with Crippen LogP contribution >= 0.6 is 0 Å². The van der Waals surface area contributed by atoms with Gasteiger partial charge in [0, 0.05) is 47.9 Å². The van der Waals surface area contributed by atoms with Crippen molar-refractivity contribution < 1.29 is 19.1 Å². The second-order valence-electron chi connectivity index (χ2n) is 6.82. The van der Waals surface area contributed by atoms with Crippen molar-refractivity contribution in [1.82, 2.24) is 9.47 Å². The quantitative estimate of drug-likeness (QED) is 0.641. The highest BCUT2D eigenvalue weighted by Crippen LogP contribution is 2.24. The number of methoxy groups -OCH3 is 1. The molecule has 0 atom stereocenters. The van der Waals surface area contributed by atoms with E-state index in [4.69, 9.17) is 9.47 Å². The molecule has 0 spiro atoms. The van der Waals surface area contributed by atoms with Gasteiger partial charge in [-0.3, -0.25) is 9.59 Å². The Morgan fingerprint density at radius 1 is 1.18 bits per heavy atom. The van der Waals surface area contributed by atoms with E-state index in [0.29, 0.717) is 44.0 Å². The fourth-order valence-corrected chi connectivity index (χ4v) is 3.60. The molecule has 0 unspecified atom stereocenters. The molecule has 1 aliphatic rings. The summed E-state index contributed by atoms with van der Waals surface area (Å²) in [7, 11) is 1.64. The molecule has 2 heterocycles. The molecule has 0 N–H and O–H groups in total. The van der Waals surface area contributed by atoms with Crippen LogP contribution in [0.25, 0.3) is 10.9 Å². The lowest BCUT2D eigenvalue weighted by Gasteiger charge is -2.26. The number of fused-ring (bicyclic) bond motifs is 1. The van der Waals surface area contributed by atoms with Crippen LogP contribution in [0, 0.1) is 0 Å². The molecule has 0 radical (unpaired) electrons. The smallest absolute Gasteiger partial charge is 0.254 e. The van der Waals surface area contributed by atoms with Crippen LogP contribution in [0.4, 0.5) is 0 Å². The van der Waals surface area contributed by atoms with Crippen molar-refractivity contribution in [3.63, 3.8) is 0 Å². The lowest BCUT2D eigenvalue weighted by Crippen LogP contribution is -2.40. The fourth-order valence-electron chi connectivity index (χ4n) is 3.60. The average Bonchev–Trinajstić information content (AvgIpc) is 3.10. The highest BCUT2D eigenvalue weighted by Gasteiger charge is 2.20. The number of morpholine rings is 1. The van der Waals surface area contributed by atoms with Gasteiger partial charge in [0.2, 0.25) is 0 Å². The molecule has 1 aliphatic heterocycles. The predicted molar refractivity (Wildman–Crippen MR) is 106 cm³/mol. The second-order valence-corrected chi connectivity index (χ2v) is 6.82. The standard InChI is InChI=1S/C22H22N2O4/c1-27-19-4-2-3-16(11-19)13-24-14-18(15-25)20-12-17(5-6-21(20)24)22(26)23-7-9-28-10-8-23/h2-6,11-12,14-15H,7-10,13H2,1H3. The first-order valence-corrected chi connectivity index (χ1v) is 9.27. The maximum absolute atomic E-state index is 12.8. The zero-order valence-electron chi connectivity index (χ0n) is 15.8. The van der Waals surface area contributed by atoms with E-state index in [1.807, 2.05) is 53.2 Å². The summed E-state index contributed by atoms with van der Waals surface area (Å²) in [5.74, 6) is 0.769. The van der Waals surface area contributed by atoms with E-state index in [1.165, 1.54) is 0 Å². The number of benzene rings is 2. The van der Waals surface area contributed by atoms with E-state index >= 15 is 0 Å². The largest absolute Gasteiger partial charge is 0.497 e. The van der Waals surface area contributed by atoms with Crippen LogP contribution in [0.1, 0.15) is 26.3 Å². The number of aldehydes is 1. The first-order chi connectivity index (χ1) is 13.7. The second kappa shape index (κ2) is 7.86. The molecule has 4 rings (SSSR count). The SMILES string of the molecule is COc1cccc(Cn2cc(C=O)c3cc(C(=O)N4CCOCC4)ccc32)c1. The van der Waals surface area contributed by atoms with Gasteiger partial charge in [0.1, 0.15) is 5.75 Å². The maximum atomic E-state index is 12.8. The Balaban J connectivity index is 1.67. The normalized spacial score (nSPS) is 14.2. The number of amides is 1. The van der Waals surface area contributed by atoms with Crippen LogP contribution in [0.2, 0.25) is 0 Å². The summed E-state index contributed by atoms with van der Waals surface area (Å²) in [4.78, 5) is 26.2. The van der Waals surface area contributed by atoms with Crippen molar-refractivity contribution in [3.05, 3.63) is 65.4 Å². The molecule has 6 nitrogen and oxygen atoms in total. The molecular weight excluding hydrogens is 356 g/mol. The van der Waals surface area contributed by atoms with Gasteiger partial charge in [-0.15, -0.1) is 0 Å². The van der Waals surface area contributed by atoms with Crippen LogP contribution in [0.3, 0.4) is 0 Å². The van der Waals surface area contributed by atoms with Crippen molar-refractivity contribution >= 4 is 23.1 Å². The van der Waals surface area contributed by atoms with Gasteiger partial charge in [0.05, 0.1) is 20.3 Å². The number of rotatable bonds is 5. The number of nitrogens with zero attached hydrogens (tertiary/aromatic N) is 2. The Kier molecular flexibility index (Phi) is 5.12. The van der Waals surface area contributed by atoms with Gasteiger partial charge in [-0.1, -0.05) is 12.1 Å². The van der Waals surface area contributed by atoms with Crippen molar-refractivity contribution in [2.45, 2.75) is 6.54 Å². The molecule has 0 aliphatic carbocycles. The molecule has 1 amide bonds. The van der Waals surface area contributed by atoms with Crippen molar-refractivity contribution in [2.24, 2.45) is 0 Å². The van der Waals surface area contributed by atoms with Crippen molar-refractivity contribution in [3.8, 4) is 5.75 Å². The number of aromatic nitrogens is 1. The number of ether oxygens (including phenoxy) is 2. The first-order valence-electron chi connectivity index (χ1n) is 9.27. The van der Waals surface area contributed by atoms with Gasteiger partial charge in [-0.05, 0) is 35.9 Å². The highest BCUT2D eigenvalue weighted by molar-refractivity contribution is 6.03. The number of carbonyl (C=O) groups excluding carboxylic acids is 2. The van der Waals surface area contributed by atoms with Crippen LogP contribution < -0.4 is 4.74 Å². The number of carbonyl (C=O) groups is 2. The summed E-state index contributed by atoms with van der Waals surface area (Å²) in [6.45, 7) is 2.91. The van der Waals surface area contributed by atoms with E-state index in [-0.39, 0.29) is 5.91 Å². The van der Waals surface area contributed by atoms with E-state index in [1.54, 1.807) is 12.0 Å². The molecule has 3 aromatic rings. The van der Waals surface area contributed by atoms with E-state index < -0.39 is 0 Å². The Morgan fingerprint density at radius 2 is 2.00 bits per heavy atom. The van der Waals surface area contributed by atoms with E-state index in [2.05, 4.69) is 0 Å². The van der Waals surface area contributed by atoms with E-state index in [0.717, 1.165) is 28.5 Å². The molecule has 0 bridgehead atoms. The molecular formula is C22H22N2O4. The van der Waals surface area contributed by atoms with Gasteiger partial charge in [-0.25, -0.2) is 0 Å². The lowest BCUT2D eigenvalue weighted by molar-refractivity contribution is 0.0303. The third-order valence-corrected chi connectivity index (χ3v) is 5.07. The summed E-state index contributed by atoms with van der Waals surface area (Å²) in [6.07, 6.45) is 2.67. The molecule has 1 fully saturated rings. The number of hydrogen-bond donors (Lipinski definition) is 0. The summed E-state index contributed by atoms with van der Waals surface area (Å²) in [5, 5.41) is 0.789. The average molecular weight is 378 g/mol. The van der Waals surface area contributed by atoms with Crippen LogP contribution in [-0.2, 0) is 11.3 Å². The molecule has 28 heavy (non-hydrogen) atoms. The van der Waals surface area contributed by atoms with Crippen molar-refractivity contribution in [1.29, 1.82) is 0 Å².